The van der Waals surface area contributed by atoms with Gasteiger partial charge in [-0.05, 0) is 36.4 Å². The number of carboxylic acid groups (broad SMARTS) is 1. The fraction of sp³-hybridized carbons (Fsp3) is 0.364. The van der Waals surface area contributed by atoms with Gasteiger partial charge in [0.05, 0.1) is 10.6 Å². The molecule has 2 aromatic heterocycles. The van der Waals surface area contributed by atoms with Crippen LogP contribution in [0.2, 0.25) is 0 Å². The van der Waals surface area contributed by atoms with E-state index in [1.54, 1.807) is 0 Å². The molecule has 94 valence electrons. The highest BCUT2D eigenvalue weighted by Crippen LogP contribution is 2.41. The van der Waals surface area contributed by atoms with Crippen molar-refractivity contribution in [1.82, 2.24) is 10.1 Å². The predicted octanol–water partition coefficient (Wildman–Crippen LogP) is 1.96. The number of aromatic nitrogens is 2. The Morgan fingerprint density at radius 3 is 2.89 bits per heavy atom. The molecule has 0 spiro atoms. The lowest BCUT2D eigenvalue weighted by Crippen LogP contribution is -2.01. The van der Waals surface area contributed by atoms with Crippen molar-refractivity contribution in [3.8, 4) is 11.5 Å². The van der Waals surface area contributed by atoms with Crippen LogP contribution in [-0.4, -0.2) is 21.2 Å². The quantitative estimate of drug-likeness (QED) is 0.860. The lowest BCUT2D eigenvalue weighted by molar-refractivity contribution is 0.0680. The molecule has 0 radical (unpaired) electrons. The van der Waals surface area contributed by atoms with Gasteiger partial charge in [-0.2, -0.15) is 4.98 Å². The van der Waals surface area contributed by atoms with Crippen LogP contribution >= 0.6 is 11.3 Å². The molecule has 0 unspecified atom stereocenters. The summed E-state index contributed by atoms with van der Waals surface area (Å²) in [5.74, 6) is -1.32. The average Bonchev–Trinajstić information content (AvgIpc) is 2.91. The van der Waals surface area contributed by atoms with E-state index in [2.05, 4.69) is 10.1 Å². The Morgan fingerprint density at radius 2 is 2.17 bits per heavy atom. The normalized spacial score (nSPS) is 14.4. The number of anilines is 1. The highest BCUT2D eigenvalue weighted by Gasteiger charge is 2.25. The molecule has 0 amide bonds. The lowest BCUT2D eigenvalue weighted by atomic mass is 9.95. The second kappa shape index (κ2) is 4.09. The van der Waals surface area contributed by atoms with E-state index in [1.165, 1.54) is 16.2 Å². The maximum atomic E-state index is 10.7. The van der Waals surface area contributed by atoms with Crippen molar-refractivity contribution in [3.63, 3.8) is 0 Å². The van der Waals surface area contributed by atoms with E-state index in [0.29, 0.717) is 5.00 Å². The SMILES string of the molecule is Nc1sc2c(c1-c1nc(C(=O)O)no1)CCCC2. The standard InChI is InChI=1S/C11H11N3O3S/c12-8-7(5-3-1-2-4-6(5)18-8)10-13-9(11(15)16)14-17-10/h1-4,12H2,(H,15,16). The number of aryl methyl sites for hydroxylation is 1. The number of nitrogens with two attached hydrogens (primary N) is 1. The Hall–Kier alpha value is -1.89. The van der Waals surface area contributed by atoms with Crippen LogP contribution in [0.1, 0.15) is 33.9 Å². The van der Waals surface area contributed by atoms with Crippen molar-refractivity contribution in [2.45, 2.75) is 25.7 Å². The minimum Gasteiger partial charge on any atom is -0.475 e. The molecule has 3 N–H and O–H groups in total. The summed E-state index contributed by atoms with van der Waals surface area (Å²) in [5.41, 5.74) is 7.86. The number of hydrogen-bond acceptors (Lipinski definition) is 6. The van der Waals surface area contributed by atoms with E-state index < -0.39 is 5.97 Å². The Kier molecular flexibility index (Phi) is 2.55. The van der Waals surface area contributed by atoms with Gasteiger partial charge < -0.3 is 15.4 Å². The smallest absolute Gasteiger partial charge is 0.377 e. The van der Waals surface area contributed by atoms with Gasteiger partial charge in [-0.1, -0.05) is 0 Å². The second-order valence-electron chi connectivity index (χ2n) is 4.18. The first-order chi connectivity index (χ1) is 8.66. The summed E-state index contributed by atoms with van der Waals surface area (Å²) < 4.78 is 5.00. The van der Waals surface area contributed by atoms with E-state index in [-0.39, 0.29) is 11.7 Å². The predicted molar refractivity (Wildman–Crippen MR) is 65.6 cm³/mol. The Labute approximate surface area is 106 Å². The van der Waals surface area contributed by atoms with Crippen LogP contribution in [0, 0.1) is 0 Å². The maximum absolute atomic E-state index is 10.7. The first-order valence-electron chi connectivity index (χ1n) is 5.64. The molecular weight excluding hydrogens is 254 g/mol. The third-order valence-corrected chi connectivity index (χ3v) is 4.15. The Morgan fingerprint density at radius 1 is 1.39 bits per heavy atom. The number of hydrogen-bond donors (Lipinski definition) is 2. The second-order valence-corrected chi connectivity index (χ2v) is 5.32. The minimum atomic E-state index is -1.20. The fourth-order valence-corrected chi connectivity index (χ4v) is 3.39. The van der Waals surface area contributed by atoms with E-state index in [0.717, 1.165) is 36.8 Å². The molecule has 7 heteroatoms. The van der Waals surface area contributed by atoms with Crippen LogP contribution in [0.3, 0.4) is 0 Å². The average molecular weight is 265 g/mol. The van der Waals surface area contributed by atoms with Crippen molar-refractivity contribution in [3.05, 3.63) is 16.3 Å². The van der Waals surface area contributed by atoms with Crippen LogP contribution < -0.4 is 5.73 Å². The largest absolute Gasteiger partial charge is 0.475 e. The molecule has 18 heavy (non-hydrogen) atoms. The van der Waals surface area contributed by atoms with Crippen LogP contribution in [0.4, 0.5) is 5.00 Å². The highest BCUT2D eigenvalue weighted by atomic mass is 32.1. The van der Waals surface area contributed by atoms with Crippen molar-refractivity contribution >= 4 is 22.3 Å². The van der Waals surface area contributed by atoms with Gasteiger partial charge in [0.15, 0.2) is 0 Å². The summed E-state index contributed by atoms with van der Waals surface area (Å²) in [4.78, 5) is 15.9. The molecule has 0 fully saturated rings. The number of fused-ring (bicyclic) bond motifs is 1. The molecule has 3 rings (SSSR count). The van der Waals surface area contributed by atoms with Gasteiger partial charge in [0.25, 0.3) is 11.7 Å². The summed E-state index contributed by atoms with van der Waals surface area (Å²) >= 11 is 1.53. The number of rotatable bonds is 2. The lowest BCUT2D eigenvalue weighted by Gasteiger charge is -2.10. The van der Waals surface area contributed by atoms with Crippen molar-refractivity contribution in [1.29, 1.82) is 0 Å². The molecule has 1 aliphatic rings. The molecule has 6 nitrogen and oxygen atoms in total. The molecule has 0 aliphatic heterocycles. The monoisotopic (exact) mass is 265 g/mol. The Balaban J connectivity index is 2.10. The molecule has 2 heterocycles. The van der Waals surface area contributed by atoms with E-state index in [1.807, 2.05) is 0 Å². The zero-order valence-electron chi connectivity index (χ0n) is 9.47. The van der Waals surface area contributed by atoms with Gasteiger partial charge in [-0.3, -0.25) is 0 Å². The minimum absolute atomic E-state index is 0.212. The third-order valence-electron chi connectivity index (χ3n) is 3.03. The van der Waals surface area contributed by atoms with Crippen molar-refractivity contribution < 1.29 is 14.4 Å². The first kappa shape index (κ1) is 11.2. The third kappa shape index (κ3) is 1.67. The maximum Gasteiger partial charge on any atom is 0.377 e. The molecule has 0 saturated heterocycles. The first-order valence-corrected chi connectivity index (χ1v) is 6.46. The topological polar surface area (TPSA) is 102 Å². The van der Waals surface area contributed by atoms with Gasteiger partial charge in [0.1, 0.15) is 0 Å². The van der Waals surface area contributed by atoms with Crippen molar-refractivity contribution in [2.75, 3.05) is 5.73 Å². The van der Waals surface area contributed by atoms with Crippen LogP contribution in [0.15, 0.2) is 4.52 Å². The zero-order valence-corrected chi connectivity index (χ0v) is 10.3. The van der Waals surface area contributed by atoms with E-state index >= 15 is 0 Å². The number of thiophene rings is 1. The summed E-state index contributed by atoms with van der Waals surface area (Å²) in [6, 6.07) is 0. The summed E-state index contributed by atoms with van der Waals surface area (Å²) in [5, 5.41) is 12.8. The zero-order chi connectivity index (χ0) is 12.7. The number of nitrogen functional groups attached to an aromatic ring is 1. The summed E-state index contributed by atoms with van der Waals surface area (Å²) in [6.07, 6.45) is 4.22. The summed E-state index contributed by atoms with van der Waals surface area (Å²) in [7, 11) is 0. The van der Waals surface area contributed by atoms with Gasteiger partial charge in [-0.25, -0.2) is 4.79 Å². The molecular formula is C11H11N3O3S. The number of carboxylic acids is 1. The van der Waals surface area contributed by atoms with Gasteiger partial charge in [0, 0.05) is 4.88 Å². The van der Waals surface area contributed by atoms with E-state index in [9.17, 15) is 4.79 Å². The molecule has 0 bridgehead atoms. The highest BCUT2D eigenvalue weighted by molar-refractivity contribution is 7.16. The summed E-state index contributed by atoms with van der Waals surface area (Å²) in [6.45, 7) is 0. The number of aromatic carboxylic acids is 1. The van der Waals surface area contributed by atoms with E-state index in [4.69, 9.17) is 15.4 Å². The van der Waals surface area contributed by atoms with Gasteiger partial charge >= 0.3 is 5.97 Å². The van der Waals surface area contributed by atoms with Gasteiger partial charge in [0.2, 0.25) is 0 Å². The fourth-order valence-electron chi connectivity index (χ4n) is 2.23. The Bertz CT molecular complexity index is 617. The molecule has 0 atom stereocenters. The van der Waals surface area contributed by atoms with Crippen molar-refractivity contribution in [2.24, 2.45) is 0 Å². The number of carbonyl (C=O) groups is 1. The molecule has 0 aromatic carbocycles. The molecule has 2 aromatic rings. The molecule has 0 saturated carbocycles. The van der Waals surface area contributed by atoms with Gasteiger partial charge in [-0.15, -0.1) is 11.3 Å². The number of nitrogens with zero attached hydrogens (tertiary/aromatic N) is 2. The van der Waals surface area contributed by atoms with Crippen LogP contribution in [-0.2, 0) is 12.8 Å². The molecule has 1 aliphatic carbocycles. The van der Waals surface area contributed by atoms with Crippen LogP contribution in [0.25, 0.3) is 11.5 Å². The van der Waals surface area contributed by atoms with Crippen LogP contribution in [0.5, 0.6) is 0 Å².